The summed E-state index contributed by atoms with van der Waals surface area (Å²) in [5, 5.41) is 5.02. The van der Waals surface area contributed by atoms with E-state index in [-0.39, 0.29) is 11.8 Å². The predicted octanol–water partition coefficient (Wildman–Crippen LogP) is 2.36. The van der Waals surface area contributed by atoms with Crippen molar-refractivity contribution in [2.24, 2.45) is 0 Å². The van der Waals surface area contributed by atoms with Crippen molar-refractivity contribution in [2.75, 3.05) is 45.8 Å². The maximum Gasteiger partial charge on any atom is 0.257 e. The first kappa shape index (κ1) is 20.9. The van der Waals surface area contributed by atoms with E-state index in [0.29, 0.717) is 36.8 Å². The Hall–Kier alpha value is -2.38. The lowest BCUT2D eigenvalue weighted by Crippen LogP contribution is -2.52. The molecule has 0 spiro atoms. The molecule has 8 heteroatoms. The average Bonchev–Trinajstić information content (AvgIpc) is 3.24. The molecule has 30 heavy (non-hydrogen) atoms. The van der Waals surface area contributed by atoms with E-state index in [2.05, 4.69) is 10.00 Å². The highest BCUT2D eigenvalue weighted by Crippen LogP contribution is 2.17. The van der Waals surface area contributed by atoms with E-state index in [1.807, 2.05) is 34.1 Å². The van der Waals surface area contributed by atoms with Crippen molar-refractivity contribution in [1.29, 1.82) is 0 Å². The summed E-state index contributed by atoms with van der Waals surface area (Å²) in [5.41, 5.74) is 1.55. The molecular weight excluding hydrogens is 402 g/mol. The summed E-state index contributed by atoms with van der Waals surface area (Å²) in [7, 11) is 0. The van der Waals surface area contributed by atoms with Crippen LogP contribution in [0.3, 0.4) is 0 Å². The highest BCUT2D eigenvalue weighted by atomic mass is 35.5. The fourth-order valence-corrected chi connectivity index (χ4v) is 4.28. The van der Waals surface area contributed by atoms with E-state index in [1.165, 1.54) is 6.42 Å². The molecule has 7 nitrogen and oxygen atoms in total. The second kappa shape index (κ2) is 9.62. The third-order valence-corrected chi connectivity index (χ3v) is 6.27. The van der Waals surface area contributed by atoms with E-state index in [9.17, 15) is 9.59 Å². The number of carbonyl (C=O) groups excluding carboxylic acids is 2. The van der Waals surface area contributed by atoms with Crippen molar-refractivity contribution in [1.82, 2.24) is 24.5 Å². The van der Waals surface area contributed by atoms with Gasteiger partial charge in [0, 0.05) is 50.5 Å². The lowest BCUT2D eigenvalue weighted by Gasteiger charge is -2.36. The molecule has 0 saturated carbocycles. The molecule has 0 aliphatic carbocycles. The van der Waals surface area contributed by atoms with Gasteiger partial charge in [0.1, 0.15) is 0 Å². The quantitative estimate of drug-likeness (QED) is 0.732. The largest absolute Gasteiger partial charge is 0.342 e. The van der Waals surface area contributed by atoms with Crippen molar-refractivity contribution in [3.05, 3.63) is 52.8 Å². The zero-order chi connectivity index (χ0) is 20.9. The van der Waals surface area contributed by atoms with Crippen LogP contribution >= 0.6 is 11.6 Å². The van der Waals surface area contributed by atoms with Crippen LogP contribution in [0.1, 0.15) is 35.2 Å². The SMILES string of the molecule is O=C(CN1CCN(C(=O)c2cnn(Cc3ccccc3Cl)c2)CC1)N1CCCCC1. The van der Waals surface area contributed by atoms with Crippen molar-refractivity contribution in [2.45, 2.75) is 25.8 Å². The number of rotatable bonds is 5. The van der Waals surface area contributed by atoms with Gasteiger partial charge in [-0.2, -0.15) is 5.10 Å². The van der Waals surface area contributed by atoms with Gasteiger partial charge in [-0.1, -0.05) is 29.8 Å². The van der Waals surface area contributed by atoms with Gasteiger partial charge in [-0.15, -0.1) is 0 Å². The molecule has 0 N–H and O–H groups in total. The molecule has 2 aliphatic heterocycles. The number of benzene rings is 1. The van der Waals surface area contributed by atoms with Crippen molar-refractivity contribution in [3.8, 4) is 0 Å². The molecule has 0 bridgehead atoms. The first-order valence-corrected chi connectivity index (χ1v) is 11.0. The minimum Gasteiger partial charge on any atom is -0.342 e. The van der Waals surface area contributed by atoms with Crippen LogP contribution in [0.5, 0.6) is 0 Å². The monoisotopic (exact) mass is 429 g/mol. The number of aromatic nitrogens is 2. The van der Waals surface area contributed by atoms with Crippen LogP contribution in [0.2, 0.25) is 5.02 Å². The molecule has 0 atom stereocenters. The van der Waals surface area contributed by atoms with Gasteiger partial charge in [-0.25, -0.2) is 0 Å². The summed E-state index contributed by atoms with van der Waals surface area (Å²) in [6.07, 6.45) is 6.83. The Labute approximate surface area is 182 Å². The van der Waals surface area contributed by atoms with Gasteiger partial charge >= 0.3 is 0 Å². The van der Waals surface area contributed by atoms with Crippen molar-refractivity contribution >= 4 is 23.4 Å². The number of nitrogens with zero attached hydrogens (tertiary/aromatic N) is 5. The summed E-state index contributed by atoms with van der Waals surface area (Å²) in [6.45, 7) is 5.45. The van der Waals surface area contributed by atoms with E-state index in [0.717, 1.165) is 44.6 Å². The van der Waals surface area contributed by atoms with Crippen LogP contribution in [-0.4, -0.2) is 82.1 Å². The fraction of sp³-hybridized carbons (Fsp3) is 0.500. The topological polar surface area (TPSA) is 61.7 Å². The number of likely N-dealkylation sites (tertiary alicyclic amines) is 1. The number of hydrogen-bond acceptors (Lipinski definition) is 4. The average molecular weight is 430 g/mol. The highest BCUT2D eigenvalue weighted by Gasteiger charge is 2.26. The summed E-state index contributed by atoms with van der Waals surface area (Å²) < 4.78 is 1.74. The number of amides is 2. The molecule has 160 valence electrons. The van der Waals surface area contributed by atoms with Crippen LogP contribution in [-0.2, 0) is 11.3 Å². The Kier molecular flexibility index (Phi) is 6.69. The molecule has 1 aromatic carbocycles. The summed E-state index contributed by atoms with van der Waals surface area (Å²) in [4.78, 5) is 31.3. The molecule has 0 radical (unpaired) electrons. The van der Waals surface area contributed by atoms with Gasteiger partial charge < -0.3 is 9.80 Å². The number of carbonyl (C=O) groups is 2. The maximum absolute atomic E-state index is 12.9. The molecule has 1 aromatic heterocycles. The lowest BCUT2D eigenvalue weighted by molar-refractivity contribution is -0.133. The van der Waals surface area contributed by atoms with Crippen LogP contribution in [0.15, 0.2) is 36.7 Å². The molecule has 4 rings (SSSR count). The first-order valence-electron chi connectivity index (χ1n) is 10.7. The molecule has 3 heterocycles. The first-order chi connectivity index (χ1) is 14.6. The van der Waals surface area contributed by atoms with Gasteiger partial charge in [0.05, 0.1) is 24.8 Å². The zero-order valence-electron chi connectivity index (χ0n) is 17.2. The highest BCUT2D eigenvalue weighted by molar-refractivity contribution is 6.31. The Balaban J connectivity index is 1.28. The Morgan fingerprint density at radius 1 is 0.933 bits per heavy atom. The van der Waals surface area contributed by atoms with Gasteiger partial charge in [0.15, 0.2) is 0 Å². The minimum absolute atomic E-state index is 0.0117. The molecule has 2 fully saturated rings. The van der Waals surface area contributed by atoms with E-state index in [1.54, 1.807) is 17.1 Å². The Bertz CT molecular complexity index is 885. The van der Waals surface area contributed by atoms with E-state index < -0.39 is 0 Å². The van der Waals surface area contributed by atoms with Crippen molar-refractivity contribution < 1.29 is 9.59 Å². The summed E-state index contributed by atoms with van der Waals surface area (Å²) in [5.74, 6) is 0.206. The van der Waals surface area contributed by atoms with Gasteiger partial charge in [0.2, 0.25) is 5.91 Å². The number of piperidine rings is 1. The smallest absolute Gasteiger partial charge is 0.257 e. The van der Waals surface area contributed by atoms with Crippen LogP contribution < -0.4 is 0 Å². The minimum atomic E-state index is -0.0117. The molecule has 2 aromatic rings. The fourth-order valence-electron chi connectivity index (χ4n) is 4.09. The standard InChI is InChI=1S/C22H28ClN5O2/c23-20-7-3-2-6-18(20)15-28-16-19(14-24-28)22(30)27-12-10-25(11-13-27)17-21(29)26-8-4-1-5-9-26/h2-3,6-7,14,16H,1,4-5,8-13,15,17H2. The second-order valence-electron chi connectivity index (χ2n) is 8.03. The van der Waals surface area contributed by atoms with Gasteiger partial charge in [0.25, 0.3) is 5.91 Å². The summed E-state index contributed by atoms with van der Waals surface area (Å²) >= 11 is 6.22. The zero-order valence-corrected chi connectivity index (χ0v) is 17.9. The number of hydrogen-bond donors (Lipinski definition) is 0. The van der Waals surface area contributed by atoms with Crippen molar-refractivity contribution in [3.63, 3.8) is 0 Å². The molecular formula is C22H28ClN5O2. The molecule has 2 saturated heterocycles. The number of halogens is 1. The molecule has 2 aliphatic rings. The van der Waals surface area contributed by atoms with Gasteiger partial charge in [-0.3, -0.25) is 19.2 Å². The number of piperazine rings is 1. The third kappa shape index (κ3) is 5.02. The normalized spacial score (nSPS) is 17.9. The van der Waals surface area contributed by atoms with Crippen LogP contribution in [0.4, 0.5) is 0 Å². The van der Waals surface area contributed by atoms with Gasteiger partial charge in [-0.05, 0) is 30.9 Å². The predicted molar refractivity (Wildman–Crippen MR) is 116 cm³/mol. The molecule has 0 unspecified atom stereocenters. The van der Waals surface area contributed by atoms with Crippen LogP contribution in [0.25, 0.3) is 0 Å². The second-order valence-corrected chi connectivity index (χ2v) is 8.43. The van der Waals surface area contributed by atoms with E-state index >= 15 is 0 Å². The molecule has 2 amide bonds. The third-order valence-electron chi connectivity index (χ3n) is 5.90. The van der Waals surface area contributed by atoms with Crippen LogP contribution in [0, 0.1) is 0 Å². The maximum atomic E-state index is 12.9. The Morgan fingerprint density at radius 3 is 2.40 bits per heavy atom. The Morgan fingerprint density at radius 2 is 1.67 bits per heavy atom. The lowest BCUT2D eigenvalue weighted by atomic mass is 10.1. The van der Waals surface area contributed by atoms with E-state index in [4.69, 9.17) is 11.6 Å². The summed E-state index contributed by atoms with van der Waals surface area (Å²) in [6, 6.07) is 7.63.